The van der Waals surface area contributed by atoms with Gasteiger partial charge in [0, 0.05) is 52.6 Å². The van der Waals surface area contributed by atoms with Crippen molar-refractivity contribution in [1.82, 2.24) is 9.97 Å². The highest BCUT2D eigenvalue weighted by Crippen LogP contribution is 2.46. The highest BCUT2D eigenvalue weighted by Gasteiger charge is 2.46. The van der Waals surface area contributed by atoms with Crippen LogP contribution in [0, 0.1) is 30.3 Å². The number of fused-ring (bicyclic) bond motifs is 2. The zero-order valence-electron chi connectivity index (χ0n) is 43.6. The SMILES string of the molecule is O=[N+]([O-])c1ccccc1S(=O)(=O)N(c1nc(Cl)c(Br)cc1OC[C@H]1COc2cccc(C3OCCO3)c21)S(=O)(=O)c1ccccc1[N+](=O)[O-].O=[N+]([O-])c1ccccc1S(=O)(=O)Nc1nc(Cl)c(Br)cc1OC[C@H]1COc2cccc(C3OCCO3)c21. The molecule has 2 atom stereocenters. The third-order valence-electron chi connectivity index (χ3n) is 13.2. The summed E-state index contributed by atoms with van der Waals surface area (Å²) in [6.07, 6.45) is -1.18. The van der Waals surface area contributed by atoms with E-state index in [1.807, 2.05) is 18.2 Å². The minimum Gasteiger partial charge on any atom is -0.493 e. The Bertz CT molecular complexity index is 4100. The Morgan fingerprint density at radius 2 is 0.953 bits per heavy atom. The molecular weight excluding hydrogens is 1370 g/mol. The van der Waals surface area contributed by atoms with E-state index in [4.69, 9.17) is 61.1 Å². The first-order chi connectivity index (χ1) is 41.1. The van der Waals surface area contributed by atoms with Crippen molar-refractivity contribution in [2.45, 2.75) is 39.1 Å². The lowest BCUT2D eigenvalue weighted by molar-refractivity contribution is -0.388. The van der Waals surface area contributed by atoms with Crippen molar-refractivity contribution >= 4 is 114 Å². The van der Waals surface area contributed by atoms with E-state index in [1.165, 1.54) is 30.3 Å². The van der Waals surface area contributed by atoms with Crippen molar-refractivity contribution in [3.05, 3.63) is 193 Å². The Morgan fingerprint density at radius 1 is 0.558 bits per heavy atom. The fourth-order valence-corrected chi connectivity index (χ4v) is 15.4. The lowest BCUT2D eigenvalue weighted by Crippen LogP contribution is -2.38. The molecule has 1 N–H and O–H groups in total. The Balaban J connectivity index is 0.000000198. The second kappa shape index (κ2) is 25.5. The normalized spacial score (nSPS) is 16.7. The van der Waals surface area contributed by atoms with E-state index >= 15 is 0 Å². The van der Waals surface area contributed by atoms with Gasteiger partial charge in [-0.3, -0.25) is 35.1 Å². The summed E-state index contributed by atoms with van der Waals surface area (Å²) < 4.78 is 133. The summed E-state index contributed by atoms with van der Waals surface area (Å²) >= 11 is 18.9. The van der Waals surface area contributed by atoms with Gasteiger partial charge in [0.2, 0.25) is 5.82 Å². The van der Waals surface area contributed by atoms with Crippen LogP contribution in [0.5, 0.6) is 23.0 Å². The summed E-state index contributed by atoms with van der Waals surface area (Å²) in [5.74, 6) is -1.06. The molecule has 2 fully saturated rings. The van der Waals surface area contributed by atoms with Gasteiger partial charge in [0.05, 0.1) is 88.4 Å². The van der Waals surface area contributed by atoms with Gasteiger partial charge in [-0.05, 0) is 62.2 Å². The second-order valence-corrected chi connectivity index (χ2v) is 26.3. The van der Waals surface area contributed by atoms with E-state index in [1.54, 1.807) is 18.2 Å². The van der Waals surface area contributed by atoms with Crippen LogP contribution < -0.4 is 27.4 Å². The zero-order valence-corrected chi connectivity index (χ0v) is 50.7. The van der Waals surface area contributed by atoms with E-state index in [-0.39, 0.29) is 50.6 Å². The number of nitrogens with one attached hydrogen (secondary N) is 1. The number of hydrogen-bond donors (Lipinski definition) is 1. The maximum absolute atomic E-state index is 14.4. The van der Waals surface area contributed by atoms with Gasteiger partial charge in [-0.25, -0.2) is 18.4 Å². The average Bonchev–Trinajstić information content (AvgIpc) is 1.05. The first-order valence-corrected chi connectivity index (χ1v) is 31.8. The molecule has 0 spiro atoms. The van der Waals surface area contributed by atoms with Crippen LogP contribution in [0.3, 0.4) is 0 Å². The molecule has 34 heteroatoms. The van der Waals surface area contributed by atoms with Crippen molar-refractivity contribution in [2.75, 3.05) is 61.3 Å². The van der Waals surface area contributed by atoms with E-state index in [9.17, 15) is 55.6 Å². The van der Waals surface area contributed by atoms with Gasteiger partial charge >= 0.3 is 0 Å². The number of pyridine rings is 2. The summed E-state index contributed by atoms with van der Waals surface area (Å²) in [7, 11) is -15.5. The minimum absolute atomic E-state index is 0.0278. The number of sulfonamides is 3. The van der Waals surface area contributed by atoms with Gasteiger partial charge < -0.3 is 37.9 Å². The van der Waals surface area contributed by atoms with Crippen molar-refractivity contribution in [3.63, 3.8) is 0 Å². The molecule has 6 heterocycles. The van der Waals surface area contributed by atoms with Gasteiger partial charge in [0.15, 0.2) is 44.6 Å². The highest BCUT2D eigenvalue weighted by atomic mass is 79.9. The van der Waals surface area contributed by atoms with E-state index in [2.05, 4.69) is 46.5 Å². The summed E-state index contributed by atoms with van der Waals surface area (Å²) in [6.45, 7) is 2.05. The molecule has 0 aliphatic carbocycles. The molecule has 11 rings (SSSR count). The largest absolute Gasteiger partial charge is 0.493 e. The summed E-state index contributed by atoms with van der Waals surface area (Å²) in [4.78, 5) is 37.9. The molecule has 0 amide bonds. The molecule has 2 saturated heterocycles. The summed E-state index contributed by atoms with van der Waals surface area (Å²) in [6, 6.07) is 26.5. The maximum atomic E-state index is 14.4. The van der Waals surface area contributed by atoms with Crippen LogP contribution in [-0.4, -0.2) is 103 Å². The molecule has 4 aliphatic rings. The molecule has 27 nitrogen and oxygen atoms in total. The van der Waals surface area contributed by atoms with E-state index < -0.39 is 112 Å². The number of halogens is 4. The Morgan fingerprint density at radius 3 is 1.41 bits per heavy atom. The smallest absolute Gasteiger partial charge is 0.289 e. The number of nitro benzene ring substituents is 3. The van der Waals surface area contributed by atoms with E-state index in [0.717, 1.165) is 65.7 Å². The molecule has 0 bridgehead atoms. The average molecular weight is 1410 g/mol. The highest BCUT2D eigenvalue weighted by molar-refractivity contribution is 9.10. The van der Waals surface area contributed by atoms with Crippen LogP contribution in [-0.2, 0) is 49.0 Å². The number of nitro groups is 3. The van der Waals surface area contributed by atoms with Crippen molar-refractivity contribution in [2.24, 2.45) is 0 Å². The molecule has 450 valence electrons. The number of benzene rings is 5. The van der Waals surface area contributed by atoms with Gasteiger partial charge in [-0.1, -0.05) is 83.9 Å². The predicted molar refractivity (Wildman–Crippen MR) is 310 cm³/mol. The Labute approximate surface area is 514 Å². The number of anilines is 2. The molecule has 2 aromatic heterocycles. The van der Waals surface area contributed by atoms with Crippen LogP contribution >= 0.6 is 55.1 Å². The molecule has 5 aromatic carbocycles. The fourth-order valence-electron chi connectivity index (χ4n) is 9.44. The third-order valence-corrected chi connectivity index (χ3v) is 21.0. The zero-order chi connectivity index (χ0) is 61.2. The Kier molecular flexibility index (Phi) is 18.3. The first kappa shape index (κ1) is 61.7. The standard InChI is InChI=1S/C29H22BrClN4O12S2.C23H19BrClN3O8S/c30-19-14-23(47-16-17-15-46-22-9-5-6-18(26(17)22)29-44-12-13-45-29)28(32-27(19)31)35(48(40,41)24-10-3-1-7-20(24)33(36)37)49(42,43)25-11-4-2-8-21(25)34(38)39;24-15-10-18(22(26-21(15)25)27-37(31,32)19-7-2-1-5-16(19)28(29)30)36-12-13-11-35-17-6-3-4-14(20(13)17)23-33-8-9-34-23/h1-11,14,17,29H,12-13,15-16H2;1-7,10,13,23H,8-9,11-12H2,(H,26,27)/t17-;13-/m11/s1. The maximum Gasteiger partial charge on any atom is 0.289 e. The third kappa shape index (κ3) is 12.6. The summed E-state index contributed by atoms with van der Waals surface area (Å²) in [5.41, 5.74) is 0.569. The number of hydrogen-bond acceptors (Lipinski definition) is 22. The van der Waals surface area contributed by atoms with Gasteiger partial charge in [-0.15, -0.1) is 3.71 Å². The number of nitrogens with zero attached hydrogens (tertiary/aromatic N) is 6. The van der Waals surface area contributed by atoms with Crippen molar-refractivity contribution in [1.29, 1.82) is 0 Å². The van der Waals surface area contributed by atoms with Crippen molar-refractivity contribution in [3.8, 4) is 23.0 Å². The van der Waals surface area contributed by atoms with Crippen molar-refractivity contribution < 1.29 is 77.9 Å². The number of ether oxygens (including phenoxy) is 8. The lowest BCUT2D eigenvalue weighted by Gasteiger charge is -2.25. The van der Waals surface area contributed by atoms with Crippen LogP contribution in [0.25, 0.3) is 0 Å². The molecule has 86 heavy (non-hydrogen) atoms. The number of aromatic nitrogens is 2. The molecular formula is C52H41Br2Cl2N7O20S3. The lowest BCUT2D eigenvalue weighted by atomic mass is 9.96. The predicted octanol–water partition coefficient (Wildman–Crippen LogP) is 10.3. The van der Waals surface area contributed by atoms with Gasteiger partial charge in [-0.2, -0.15) is 16.8 Å². The Hall–Kier alpha value is -7.37. The van der Waals surface area contributed by atoms with Crippen LogP contribution in [0.2, 0.25) is 10.3 Å². The molecule has 0 radical (unpaired) electrons. The van der Waals surface area contributed by atoms with Crippen LogP contribution in [0.4, 0.5) is 28.7 Å². The fraction of sp³-hybridized carbons (Fsp3) is 0.231. The monoisotopic (exact) mass is 1410 g/mol. The molecule has 7 aromatic rings. The minimum atomic E-state index is -5.53. The molecule has 0 unspecified atom stereocenters. The second-order valence-electron chi connectivity index (χ2n) is 18.5. The number of rotatable bonds is 19. The quantitative estimate of drug-likeness (QED) is 0.0446. The molecule has 4 aliphatic heterocycles. The van der Waals surface area contributed by atoms with Gasteiger partial charge in [0.1, 0.15) is 21.8 Å². The number of para-hydroxylation sites is 3. The van der Waals surface area contributed by atoms with E-state index in [0.29, 0.717) is 60.1 Å². The summed E-state index contributed by atoms with van der Waals surface area (Å²) in [5, 5.41) is 34.8. The first-order valence-electron chi connectivity index (χ1n) is 25.1. The topological polar surface area (TPSA) is 347 Å². The van der Waals surface area contributed by atoms with Gasteiger partial charge in [0.25, 0.3) is 47.1 Å². The molecule has 0 saturated carbocycles. The van der Waals surface area contributed by atoms with Crippen LogP contribution in [0.15, 0.2) is 145 Å². The van der Waals surface area contributed by atoms with Crippen LogP contribution in [0.1, 0.15) is 46.7 Å².